The summed E-state index contributed by atoms with van der Waals surface area (Å²) in [5.74, 6) is 1.68. The first-order valence-electron chi connectivity index (χ1n) is 7.74. The van der Waals surface area contributed by atoms with Gasteiger partial charge in [0.2, 0.25) is 0 Å². The highest BCUT2D eigenvalue weighted by Gasteiger charge is 1.97. The average Bonchev–Trinajstić information content (AvgIpc) is 2.44. The minimum absolute atomic E-state index is 0.718. The van der Waals surface area contributed by atoms with E-state index in [0.717, 1.165) is 44.2 Å². The summed E-state index contributed by atoms with van der Waals surface area (Å²) < 4.78 is 5.60. The van der Waals surface area contributed by atoms with Crippen molar-refractivity contribution in [2.45, 2.75) is 40.5 Å². The van der Waals surface area contributed by atoms with Crippen molar-refractivity contribution in [2.24, 2.45) is 5.92 Å². The molecule has 0 aromatic heterocycles. The lowest BCUT2D eigenvalue weighted by molar-refractivity contribution is 0.317. The van der Waals surface area contributed by atoms with Gasteiger partial charge in [-0.1, -0.05) is 39.0 Å². The largest absolute Gasteiger partial charge is 0.494 e. The van der Waals surface area contributed by atoms with Gasteiger partial charge in [0.1, 0.15) is 5.75 Å². The van der Waals surface area contributed by atoms with Crippen LogP contribution in [0.25, 0.3) is 5.57 Å². The molecule has 0 spiro atoms. The van der Waals surface area contributed by atoms with Crippen LogP contribution in [0.4, 0.5) is 0 Å². The Kier molecular flexibility index (Phi) is 8.05. The Morgan fingerprint density at radius 3 is 2.55 bits per heavy atom. The van der Waals surface area contributed by atoms with Crippen LogP contribution in [-0.2, 0) is 0 Å². The van der Waals surface area contributed by atoms with E-state index in [1.807, 2.05) is 0 Å². The van der Waals surface area contributed by atoms with E-state index < -0.39 is 0 Å². The van der Waals surface area contributed by atoms with Gasteiger partial charge in [0, 0.05) is 0 Å². The summed E-state index contributed by atoms with van der Waals surface area (Å²) in [6.07, 6.45) is 4.42. The quantitative estimate of drug-likeness (QED) is 0.669. The molecule has 0 amide bonds. The van der Waals surface area contributed by atoms with Crippen molar-refractivity contribution >= 4 is 5.57 Å². The smallest absolute Gasteiger partial charge is 0.119 e. The number of benzene rings is 1. The fourth-order valence-corrected chi connectivity index (χ4v) is 1.93. The van der Waals surface area contributed by atoms with Gasteiger partial charge < -0.3 is 10.1 Å². The molecule has 112 valence electrons. The fourth-order valence-electron chi connectivity index (χ4n) is 1.93. The first-order valence-corrected chi connectivity index (χ1v) is 7.74. The standard InChI is InChI=1S/C18H29NO/c1-5-13-20-18-10-8-17(9-11-18)16(4)7-6-12-19-14-15(2)3/h7-11,15,19H,5-6,12-14H2,1-4H3. The van der Waals surface area contributed by atoms with Crippen LogP contribution in [0.1, 0.15) is 46.1 Å². The van der Waals surface area contributed by atoms with E-state index in [1.54, 1.807) is 0 Å². The normalized spacial score (nSPS) is 11.9. The summed E-state index contributed by atoms with van der Waals surface area (Å²) in [6.45, 7) is 11.7. The van der Waals surface area contributed by atoms with Gasteiger partial charge in [0.05, 0.1) is 6.61 Å². The zero-order chi connectivity index (χ0) is 14.8. The lowest BCUT2D eigenvalue weighted by Gasteiger charge is -2.07. The molecular weight excluding hydrogens is 246 g/mol. The highest BCUT2D eigenvalue weighted by Crippen LogP contribution is 2.18. The van der Waals surface area contributed by atoms with Crippen molar-refractivity contribution < 1.29 is 4.74 Å². The predicted molar refractivity (Wildman–Crippen MR) is 88.2 cm³/mol. The summed E-state index contributed by atoms with van der Waals surface area (Å²) in [7, 11) is 0. The summed E-state index contributed by atoms with van der Waals surface area (Å²) in [4.78, 5) is 0. The van der Waals surface area contributed by atoms with Crippen LogP contribution < -0.4 is 10.1 Å². The molecule has 1 aromatic carbocycles. The van der Waals surface area contributed by atoms with Gasteiger partial charge in [-0.05, 0) is 62.0 Å². The number of ether oxygens (including phenoxy) is 1. The zero-order valence-corrected chi connectivity index (χ0v) is 13.4. The molecule has 0 saturated heterocycles. The molecule has 0 aliphatic carbocycles. The highest BCUT2D eigenvalue weighted by atomic mass is 16.5. The van der Waals surface area contributed by atoms with Crippen molar-refractivity contribution in [1.29, 1.82) is 0 Å². The Morgan fingerprint density at radius 2 is 1.95 bits per heavy atom. The number of hydrogen-bond acceptors (Lipinski definition) is 2. The Morgan fingerprint density at radius 1 is 1.25 bits per heavy atom. The average molecular weight is 275 g/mol. The lowest BCUT2D eigenvalue weighted by Crippen LogP contribution is -2.20. The molecule has 0 saturated carbocycles. The van der Waals surface area contributed by atoms with Gasteiger partial charge >= 0.3 is 0 Å². The van der Waals surface area contributed by atoms with E-state index in [9.17, 15) is 0 Å². The maximum absolute atomic E-state index is 5.60. The van der Waals surface area contributed by atoms with Crippen LogP contribution in [0, 0.1) is 5.92 Å². The third kappa shape index (κ3) is 6.76. The molecule has 2 heteroatoms. The summed E-state index contributed by atoms with van der Waals surface area (Å²) in [6, 6.07) is 8.38. The van der Waals surface area contributed by atoms with E-state index in [2.05, 4.69) is 63.4 Å². The molecule has 0 heterocycles. The lowest BCUT2D eigenvalue weighted by atomic mass is 10.1. The molecule has 0 radical (unpaired) electrons. The van der Waals surface area contributed by atoms with E-state index in [4.69, 9.17) is 4.74 Å². The highest BCUT2D eigenvalue weighted by molar-refractivity contribution is 5.64. The third-order valence-electron chi connectivity index (χ3n) is 3.11. The number of nitrogens with one attached hydrogen (secondary N) is 1. The van der Waals surface area contributed by atoms with E-state index in [0.29, 0.717) is 0 Å². The summed E-state index contributed by atoms with van der Waals surface area (Å²) in [5.41, 5.74) is 2.61. The van der Waals surface area contributed by atoms with Crippen molar-refractivity contribution in [3.63, 3.8) is 0 Å². The van der Waals surface area contributed by atoms with Crippen molar-refractivity contribution in [2.75, 3.05) is 19.7 Å². The van der Waals surface area contributed by atoms with Crippen LogP contribution in [0.2, 0.25) is 0 Å². The van der Waals surface area contributed by atoms with Gasteiger partial charge in [0.25, 0.3) is 0 Å². The molecule has 1 aromatic rings. The molecule has 0 atom stereocenters. The molecule has 0 unspecified atom stereocenters. The molecule has 20 heavy (non-hydrogen) atoms. The van der Waals surface area contributed by atoms with Crippen LogP contribution in [0.15, 0.2) is 30.3 Å². The van der Waals surface area contributed by atoms with Crippen molar-refractivity contribution in [1.82, 2.24) is 5.32 Å². The topological polar surface area (TPSA) is 21.3 Å². The minimum Gasteiger partial charge on any atom is -0.494 e. The van der Waals surface area contributed by atoms with E-state index in [-0.39, 0.29) is 0 Å². The molecule has 0 aliphatic heterocycles. The Bertz CT molecular complexity index is 392. The van der Waals surface area contributed by atoms with E-state index >= 15 is 0 Å². The Labute approximate surface area is 124 Å². The SMILES string of the molecule is CCCOc1ccc(C(C)=CCCNCC(C)C)cc1. The molecule has 0 fully saturated rings. The monoisotopic (exact) mass is 275 g/mol. The third-order valence-corrected chi connectivity index (χ3v) is 3.11. The molecule has 0 bridgehead atoms. The van der Waals surface area contributed by atoms with Gasteiger partial charge in [-0.25, -0.2) is 0 Å². The van der Waals surface area contributed by atoms with Gasteiger partial charge in [-0.3, -0.25) is 0 Å². The molecular formula is C18H29NO. The van der Waals surface area contributed by atoms with Gasteiger partial charge in [-0.2, -0.15) is 0 Å². The van der Waals surface area contributed by atoms with Crippen LogP contribution in [0.5, 0.6) is 5.75 Å². The van der Waals surface area contributed by atoms with Gasteiger partial charge in [-0.15, -0.1) is 0 Å². The first kappa shape index (κ1) is 16.8. The van der Waals surface area contributed by atoms with Gasteiger partial charge in [0.15, 0.2) is 0 Å². The Hall–Kier alpha value is -1.28. The van der Waals surface area contributed by atoms with Crippen molar-refractivity contribution in [3.8, 4) is 5.75 Å². The first-order chi connectivity index (χ1) is 9.63. The second-order valence-electron chi connectivity index (χ2n) is 5.65. The fraction of sp³-hybridized carbons (Fsp3) is 0.556. The number of hydrogen-bond donors (Lipinski definition) is 1. The van der Waals surface area contributed by atoms with Crippen LogP contribution in [-0.4, -0.2) is 19.7 Å². The Balaban J connectivity index is 2.40. The van der Waals surface area contributed by atoms with Crippen LogP contribution in [0.3, 0.4) is 0 Å². The molecule has 1 rings (SSSR count). The molecule has 2 nitrogen and oxygen atoms in total. The second kappa shape index (κ2) is 9.60. The van der Waals surface area contributed by atoms with E-state index in [1.165, 1.54) is 11.1 Å². The maximum atomic E-state index is 5.60. The maximum Gasteiger partial charge on any atom is 0.119 e. The molecule has 1 N–H and O–H groups in total. The number of rotatable bonds is 9. The van der Waals surface area contributed by atoms with Crippen LogP contribution >= 0.6 is 0 Å². The predicted octanol–water partition coefficient (Wildman–Crippen LogP) is 4.51. The number of allylic oxidation sites excluding steroid dienone is 1. The minimum atomic E-state index is 0.718. The summed E-state index contributed by atoms with van der Waals surface area (Å²) >= 11 is 0. The summed E-state index contributed by atoms with van der Waals surface area (Å²) in [5, 5.41) is 3.46. The molecule has 0 aliphatic rings. The van der Waals surface area contributed by atoms with Crippen molar-refractivity contribution in [3.05, 3.63) is 35.9 Å². The second-order valence-corrected chi connectivity index (χ2v) is 5.65. The zero-order valence-electron chi connectivity index (χ0n) is 13.4.